The lowest BCUT2D eigenvalue weighted by Gasteiger charge is -2.21. The minimum atomic E-state index is -0.891. The van der Waals surface area contributed by atoms with Crippen LogP contribution in [0.2, 0.25) is 0 Å². The molecule has 2 fully saturated rings. The summed E-state index contributed by atoms with van der Waals surface area (Å²) in [5, 5.41) is 13.0. The third kappa shape index (κ3) is 3.07. The number of hydrogen-bond acceptors (Lipinski definition) is 2. The summed E-state index contributed by atoms with van der Waals surface area (Å²) in [7, 11) is 0. The minimum absolute atomic E-state index is 0.0578. The molecule has 0 radical (unpaired) electrons. The van der Waals surface area contributed by atoms with Crippen molar-refractivity contribution >= 4 is 5.91 Å². The maximum Gasteiger partial charge on any atom is 0.223 e. The molecule has 1 aromatic carbocycles. The number of aliphatic hydroxyl groups is 1. The monoisotopic (exact) mass is 295 g/mol. The van der Waals surface area contributed by atoms with Crippen LogP contribution in [0.4, 0.5) is 8.78 Å². The summed E-state index contributed by atoms with van der Waals surface area (Å²) in [6.07, 6.45) is 3.80. The van der Waals surface area contributed by atoms with Gasteiger partial charge in [0.05, 0.1) is 12.0 Å². The van der Waals surface area contributed by atoms with Crippen molar-refractivity contribution in [2.45, 2.75) is 56.1 Å². The van der Waals surface area contributed by atoms with E-state index < -0.39 is 17.2 Å². The zero-order valence-corrected chi connectivity index (χ0v) is 11.7. The molecule has 3 rings (SSSR count). The highest BCUT2D eigenvalue weighted by Gasteiger charge is 2.43. The van der Waals surface area contributed by atoms with E-state index in [0.29, 0.717) is 19.3 Å². The summed E-state index contributed by atoms with van der Waals surface area (Å²) < 4.78 is 27.3. The van der Waals surface area contributed by atoms with E-state index in [1.54, 1.807) is 0 Å². The van der Waals surface area contributed by atoms with E-state index in [-0.39, 0.29) is 29.9 Å². The Balaban J connectivity index is 1.57. The van der Waals surface area contributed by atoms with Crippen molar-refractivity contribution in [3.05, 3.63) is 35.4 Å². The molecule has 2 atom stereocenters. The Morgan fingerprint density at radius 3 is 2.52 bits per heavy atom. The zero-order chi connectivity index (χ0) is 15.0. The lowest BCUT2D eigenvalue weighted by atomic mass is 9.97. The lowest BCUT2D eigenvalue weighted by molar-refractivity contribution is -0.126. The summed E-state index contributed by atoms with van der Waals surface area (Å²) in [4.78, 5) is 11.9. The van der Waals surface area contributed by atoms with Gasteiger partial charge < -0.3 is 10.4 Å². The quantitative estimate of drug-likeness (QED) is 0.897. The summed E-state index contributed by atoms with van der Waals surface area (Å²) >= 11 is 0. The average molecular weight is 295 g/mol. The number of hydrogen-bond donors (Lipinski definition) is 2. The predicted molar refractivity (Wildman–Crippen MR) is 73.7 cm³/mol. The van der Waals surface area contributed by atoms with E-state index in [1.807, 2.05) is 0 Å². The molecule has 2 aliphatic rings. The molecule has 0 spiro atoms. The number of carbonyl (C=O) groups excluding carboxylic acids is 1. The second kappa shape index (κ2) is 5.37. The summed E-state index contributed by atoms with van der Waals surface area (Å²) in [6, 6.07) is 3.57. The Labute approximate surface area is 122 Å². The molecule has 3 nitrogen and oxygen atoms in total. The van der Waals surface area contributed by atoms with E-state index in [9.17, 15) is 18.7 Å². The van der Waals surface area contributed by atoms with Gasteiger partial charge in [-0.3, -0.25) is 4.79 Å². The molecule has 114 valence electrons. The first-order chi connectivity index (χ1) is 9.98. The van der Waals surface area contributed by atoms with Gasteiger partial charge in [-0.1, -0.05) is 18.9 Å². The van der Waals surface area contributed by atoms with Crippen LogP contribution in [0.3, 0.4) is 0 Å². The van der Waals surface area contributed by atoms with Crippen LogP contribution in [-0.2, 0) is 4.79 Å². The molecule has 1 amide bonds. The van der Waals surface area contributed by atoms with Gasteiger partial charge in [0.1, 0.15) is 11.6 Å². The van der Waals surface area contributed by atoms with Gasteiger partial charge in [0.2, 0.25) is 5.91 Å². The first kappa shape index (κ1) is 14.4. The maximum absolute atomic E-state index is 13.6. The van der Waals surface area contributed by atoms with Gasteiger partial charge in [0.15, 0.2) is 0 Å². The maximum atomic E-state index is 13.6. The van der Waals surface area contributed by atoms with Crippen molar-refractivity contribution in [1.29, 1.82) is 0 Å². The summed E-state index contributed by atoms with van der Waals surface area (Å²) in [5.41, 5.74) is -0.833. The van der Waals surface area contributed by atoms with Gasteiger partial charge in [-0.15, -0.1) is 0 Å². The van der Waals surface area contributed by atoms with Gasteiger partial charge in [-0.25, -0.2) is 8.78 Å². The molecule has 1 aromatic rings. The number of halogens is 2. The molecule has 0 heterocycles. The van der Waals surface area contributed by atoms with Crippen LogP contribution >= 0.6 is 0 Å². The third-order valence-electron chi connectivity index (χ3n) is 4.53. The van der Waals surface area contributed by atoms with E-state index in [2.05, 4.69) is 5.32 Å². The van der Waals surface area contributed by atoms with Crippen LogP contribution in [0, 0.1) is 11.6 Å². The molecule has 21 heavy (non-hydrogen) atoms. The van der Waals surface area contributed by atoms with E-state index >= 15 is 0 Å². The highest BCUT2D eigenvalue weighted by Crippen LogP contribution is 2.43. The number of carbonyl (C=O) groups is 1. The Morgan fingerprint density at radius 1 is 1.29 bits per heavy atom. The van der Waals surface area contributed by atoms with Crippen LogP contribution in [0.5, 0.6) is 0 Å². The molecular weight excluding hydrogens is 276 g/mol. The van der Waals surface area contributed by atoms with Gasteiger partial charge in [0.25, 0.3) is 0 Å². The van der Waals surface area contributed by atoms with Gasteiger partial charge >= 0.3 is 0 Å². The summed E-state index contributed by atoms with van der Waals surface area (Å²) in [6.45, 7) is 0. The molecule has 2 N–H and O–H groups in total. The first-order valence-electron chi connectivity index (χ1n) is 7.44. The van der Waals surface area contributed by atoms with Crippen LogP contribution in [0.25, 0.3) is 0 Å². The number of benzene rings is 1. The first-order valence-corrected chi connectivity index (χ1v) is 7.44. The topological polar surface area (TPSA) is 49.3 Å². The molecular formula is C16H19F2NO2. The van der Waals surface area contributed by atoms with Crippen molar-refractivity contribution in [2.75, 3.05) is 0 Å². The summed E-state index contributed by atoms with van der Waals surface area (Å²) in [5.74, 6) is -1.66. The minimum Gasteiger partial charge on any atom is -0.389 e. The van der Waals surface area contributed by atoms with Gasteiger partial charge in [-0.05, 0) is 31.4 Å². The van der Waals surface area contributed by atoms with Crippen LogP contribution < -0.4 is 5.32 Å². The highest BCUT2D eigenvalue weighted by atomic mass is 19.1. The van der Waals surface area contributed by atoms with Crippen molar-refractivity contribution in [3.63, 3.8) is 0 Å². The Kier molecular flexibility index (Phi) is 3.69. The largest absolute Gasteiger partial charge is 0.389 e. The van der Waals surface area contributed by atoms with Gasteiger partial charge in [-0.2, -0.15) is 0 Å². The molecule has 0 bridgehead atoms. The van der Waals surface area contributed by atoms with E-state index in [0.717, 1.165) is 12.8 Å². The lowest BCUT2D eigenvalue weighted by Crippen LogP contribution is -2.36. The van der Waals surface area contributed by atoms with Crippen LogP contribution in [0.1, 0.15) is 50.0 Å². The molecule has 0 aliphatic heterocycles. The zero-order valence-electron chi connectivity index (χ0n) is 11.7. The molecule has 2 saturated carbocycles. The normalized spacial score (nSPS) is 26.6. The fourth-order valence-electron chi connectivity index (χ4n) is 3.31. The van der Waals surface area contributed by atoms with E-state index in [4.69, 9.17) is 0 Å². The highest BCUT2D eigenvalue weighted by molar-refractivity contribution is 5.78. The fraction of sp³-hybridized carbons (Fsp3) is 0.562. The van der Waals surface area contributed by atoms with Crippen molar-refractivity contribution < 1.29 is 18.7 Å². The van der Waals surface area contributed by atoms with Gasteiger partial charge in [0, 0.05) is 17.5 Å². The molecule has 0 saturated heterocycles. The van der Waals surface area contributed by atoms with Crippen LogP contribution in [0.15, 0.2) is 18.2 Å². The van der Waals surface area contributed by atoms with Crippen molar-refractivity contribution in [2.24, 2.45) is 0 Å². The fourth-order valence-corrected chi connectivity index (χ4v) is 3.31. The molecule has 5 heteroatoms. The smallest absolute Gasteiger partial charge is 0.223 e. The second-order valence-electron chi connectivity index (χ2n) is 6.26. The Bertz CT molecular complexity index is 535. The van der Waals surface area contributed by atoms with Crippen molar-refractivity contribution in [1.82, 2.24) is 5.32 Å². The Morgan fingerprint density at radius 2 is 1.90 bits per heavy atom. The van der Waals surface area contributed by atoms with Crippen LogP contribution in [-0.4, -0.2) is 22.7 Å². The Hall–Kier alpha value is -1.49. The third-order valence-corrected chi connectivity index (χ3v) is 4.53. The molecule has 0 aromatic heterocycles. The SMILES string of the molecule is O=C(CC1(O)CCCC1)NC1CC1c1c(F)cccc1F. The second-order valence-corrected chi connectivity index (χ2v) is 6.26. The molecule has 2 unspecified atom stereocenters. The number of rotatable bonds is 4. The predicted octanol–water partition coefficient (Wildman–Crippen LogP) is 2.63. The standard InChI is InChI=1S/C16H19F2NO2/c17-11-4-3-5-12(18)15(11)10-8-13(10)19-14(20)9-16(21)6-1-2-7-16/h3-5,10,13,21H,1-2,6-9H2,(H,19,20). The van der Waals surface area contributed by atoms with Crippen molar-refractivity contribution in [3.8, 4) is 0 Å². The number of amides is 1. The average Bonchev–Trinajstić information content (AvgIpc) is 2.99. The van der Waals surface area contributed by atoms with E-state index in [1.165, 1.54) is 18.2 Å². The number of nitrogens with one attached hydrogen (secondary N) is 1. The molecule has 2 aliphatic carbocycles.